The first-order valence-corrected chi connectivity index (χ1v) is 12.6. The van der Waals surface area contributed by atoms with Crippen LogP contribution < -0.4 is 0 Å². The maximum Gasteiger partial charge on any atom is 0.233 e. The Kier molecular flexibility index (Phi) is 8.01. The van der Waals surface area contributed by atoms with Gasteiger partial charge in [-0.25, -0.2) is 0 Å². The van der Waals surface area contributed by atoms with Crippen LogP contribution in [0, 0.1) is 17.8 Å². The van der Waals surface area contributed by atoms with E-state index in [1.807, 2.05) is 43.3 Å². The average molecular weight is 491 g/mol. The van der Waals surface area contributed by atoms with Gasteiger partial charge >= 0.3 is 0 Å². The number of aromatic nitrogens is 1. The highest BCUT2D eigenvalue weighted by molar-refractivity contribution is 6.05. The second-order valence-electron chi connectivity index (χ2n) is 9.70. The van der Waals surface area contributed by atoms with Gasteiger partial charge in [-0.15, -0.1) is 0 Å². The average Bonchev–Trinajstić information content (AvgIpc) is 3.11. The second-order valence-corrected chi connectivity index (χ2v) is 9.70. The summed E-state index contributed by atoms with van der Waals surface area (Å²) in [5, 5.41) is 31.4. The highest BCUT2D eigenvalue weighted by Gasteiger charge is 2.53. The summed E-state index contributed by atoms with van der Waals surface area (Å²) in [7, 11) is 1.50. The Bertz CT molecular complexity index is 1160. The number of phenolic OH excluding ortho intramolecular Hbond substituents is 1. The largest absolute Gasteiger partial charge is 0.508 e. The predicted molar refractivity (Wildman–Crippen MR) is 137 cm³/mol. The van der Waals surface area contributed by atoms with Gasteiger partial charge in [0.1, 0.15) is 5.75 Å². The van der Waals surface area contributed by atoms with Crippen LogP contribution in [0.4, 0.5) is 0 Å². The molecule has 0 bridgehead atoms. The Morgan fingerprint density at radius 2 is 1.92 bits per heavy atom. The zero-order valence-corrected chi connectivity index (χ0v) is 20.8. The van der Waals surface area contributed by atoms with Crippen molar-refractivity contribution in [1.29, 1.82) is 0 Å². The lowest BCUT2D eigenvalue weighted by atomic mass is 9.67. The van der Waals surface area contributed by atoms with E-state index in [1.54, 1.807) is 18.3 Å². The minimum Gasteiger partial charge on any atom is -0.508 e. The fraction of sp³-hybridized carbons (Fsp3) is 0.414. The summed E-state index contributed by atoms with van der Waals surface area (Å²) < 4.78 is 0. The number of allylic oxidation sites excluding steroid dienone is 2. The number of phenols is 1. The van der Waals surface area contributed by atoms with Gasteiger partial charge in [0.25, 0.3) is 0 Å². The Morgan fingerprint density at radius 3 is 2.56 bits per heavy atom. The summed E-state index contributed by atoms with van der Waals surface area (Å²) >= 11 is 0. The molecule has 2 aliphatic rings. The molecule has 190 valence electrons. The van der Waals surface area contributed by atoms with E-state index in [9.17, 15) is 24.9 Å². The van der Waals surface area contributed by atoms with Crippen LogP contribution in [0.3, 0.4) is 0 Å². The topological polar surface area (TPSA) is 111 Å². The molecule has 4 rings (SSSR count). The van der Waals surface area contributed by atoms with E-state index in [2.05, 4.69) is 4.98 Å². The van der Waals surface area contributed by atoms with Crippen LogP contribution in [0.25, 0.3) is 11.6 Å². The van der Waals surface area contributed by atoms with Gasteiger partial charge in [-0.1, -0.05) is 37.1 Å². The van der Waals surface area contributed by atoms with Crippen LogP contribution in [0.2, 0.25) is 0 Å². The standard InChI is InChI=1S/C29H34N2O5/c1-3-6-20-16-22-27(29(36)31(2)28(22)35)23(17-32)26(20)25(34)13-10-19(24-7-4-5-14-30-24)15-18-8-11-21(33)12-9-18/h4-5,7-9,11-12,14-15,22-23,25,27,32-34H,3,6,10,13,16-17H2,1-2H3/b19-15-/t22-,23+,25-,27-/m1/s1. The van der Waals surface area contributed by atoms with E-state index in [0.717, 1.165) is 34.4 Å². The first-order chi connectivity index (χ1) is 17.3. The molecule has 1 aliphatic heterocycles. The fourth-order valence-electron chi connectivity index (χ4n) is 5.70. The molecule has 0 saturated carbocycles. The summed E-state index contributed by atoms with van der Waals surface area (Å²) in [6.45, 7) is 1.76. The molecule has 2 amide bonds. The fourth-order valence-corrected chi connectivity index (χ4v) is 5.70. The van der Waals surface area contributed by atoms with E-state index in [0.29, 0.717) is 25.7 Å². The molecule has 4 atom stereocenters. The monoisotopic (exact) mass is 490 g/mol. The van der Waals surface area contributed by atoms with Gasteiger partial charge in [0.05, 0.1) is 30.2 Å². The molecule has 0 unspecified atom stereocenters. The maximum absolute atomic E-state index is 12.9. The number of imide groups is 1. The Balaban J connectivity index is 1.63. The molecule has 1 fully saturated rings. The first kappa shape index (κ1) is 25.8. The van der Waals surface area contributed by atoms with E-state index < -0.39 is 23.9 Å². The van der Waals surface area contributed by atoms with Crippen molar-refractivity contribution in [2.45, 2.75) is 45.1 Å². The molecular formula is C29H34N2O5. The predicted octanol–water partition coefficient (Wildman–Crippen LogP) is 3.81. The number of hydrogen-bond donors (Lipinski definition) is 3. The van der Waals surface area contributed by atoms with Gasteiger partial charge in [-0.3, -0.25) is 19.5 Å². The van der Waals surface area contributed by atoms with Gasteiger partial charge in [-0.2, -0.15) is 0 Å². The van der Waals surface area contributed by atoms with Crippen molar-refractivity contribution in [3.63, 3.8) is 0 Å². The molecule has 1 saturated heterocycles. The number of nitrogens with zero attached hydrogens (tertiary/aromatic N) is 2. The number of carbonyl (C=O) groups excluding carboxylic acids is 2. The molecule has 1 aromatic heterocycles. The molecule has 36 heavy (non-hydrogen) atoms. The second kappa shape index (κ2) is 11.2. The summed E-state index contributed by atoms with van der Waals surface area (Å²) in [6, 6.07) is 12.6. The first-order valence-electron chi connectivity index (χ1n) is 12.6. The van der Waals surface area contributed by atoms with Crippen LogP contribution >= 0.6 is 0 Å². The van der Waals surface area contributed by atoms with Crippen molar-refractivity contribution in [3.8, 4) is 5.75 Å². The Hall–Kier alpha value is -3.29. The molecule has 0 spiro atoms. The number of aliphatic hydroxyl groups excluding tert-OH is 2. The molecular weight excluding hydrogens is 456 g/mol. The zero-order valence-electron chi connectivity index (χ0n) is 20.8. The summed E-state index contributed by atoms with van der Waals surface area (Å²) in [5.74, 6) is -1.93. The Labute approximate surface area is 211 Å². The van der Waals surface area contributed by atoms with E-state index >= 15 is 0 Å². The highest BCUT2D eigenvalue weighted by Crippen LogP contribution is 2.47. The van der Waals surface area contributed by atoms with Gasteiger partial charge in [0, 0.05) is 19.2 Å². The van der Waals surface area contributed by atoms with Crippen LogP contribution in [-0.4, -0.2) is 56.8 Å². The molecule has 2 aromatic rings. The van der Waals surface area contributed by atoms with Gasteiger partial charge in [-0.05, 0) is 72.7 Å². The van der Waals surface area contributed by atoms with Gasteiger partial charge < -0.3 is 15.3 Å². The molecule has 1 aliphatic carbocycles. The number of pyridine rings is 1. The van der Waals surface area contributed by atoms with Crippen LogP contribution in [0.15, 0.2) is 59.8 Å². The lowest BCUT2D eigenvalue weighted by Gasteiger charge is -2.36. The SMILES string of the molecule is CCCC1=C([C@H](O)CC/C(=C/c2ccc(O)cc2)c2ccccn2)[C@H](CO)[C@@H]2C(=O)N(C)C(=O)[C@@H]2C1. The smallest absolute Gasteiger partial charge is 0.233 e. The summed E-state index contributed by atoms with van der Waals surface area (Å²) in [4.78, 5) is 31.3. The minimum atomic E-state index is -0.856. The number of rotatable bonds is 9. The highest BCUT2D eigenvalue weighted by atomic mass is 16.3. The molecule has 7 heteroatoms. The molecule has 0 radical (unpaired) electrons. The van der Waals surface area contributed by atoms with Crippen molar-refractivity contribution in [2.24, 2.45) is 17.8 Å². The third-order valence-corrected chi connectivity index (χ3v) is 7.43. The van der Waals surface area contributed by atoms with Gasteiger partial charge in [0.15, 0.2) is 0 Å². The van der Waals surface area contributed by atoms with E-state index in [-0.39, 0.29) is 24.2 Å². The van der Waals surface area contributed by atoms with E-state index in [4.69, 9.17) is 0 Å². The third-order valence-electron chi connectivity index (χ3n) is 7.43. The molecule has 3 N–H and O–H groups in total. The summed E-state index contributed by atoms with van der Waals surface area (Å²) in [6.07, 6.45) is 5.77. The van der Waals surface area contributed by atoms with E-state index in [1.165, 1.54) is 11.9 Å². The molecule has 7 nitrogen and oxygen atoms in total. The molecule has 2 heterocycles. The molecule has 1 aromatic carbocycles. The number of hydrogen-bond acceptors (Lipinski definition) is 6. The number of fused-ring (bicyclic) bond motifs is 1. The zero-order chi connectivity index (χ0) is 25.8. The third kappa shape index (κ3) is 5.13. The van der Waals surface area contributed by atoms with Crippen molar-refractivity contribution in [3.05, 3.63) is 71.1 Å². The maximum atomic E-state index is 12.9. The number of aromatic hydroxyl groups is 1. The normalized spacial score (nSPS) is 23.3. The number of benzene rings is 1. The van der Waals surface area contributed by atoms with Crippen molar-refractivity contribution in [1.82, 2.24) is 9.88 Å². The van der Waals surface area contributed by atoms with Gasteiger partial charge in [0.2, 0.25) is 11.8 Å². The van der Waals surface area contributed by atoms with Crippen LogP contribution in [0.5, 0.6) is 5.75 Å². The number of likely N-dealkylation sites (tertiary alicyclic amines) is 1. The quantitative estimate of drug-likeness (QED) is 0.364. The lowest BCUT2D eigenvalue weighted by molar-refractivity contribution is -0.138. The van der Waals surface area contributed by atoms with Crippen LogP contribution in [0.1, 0.15) is 50.3 Å². The van der Waals surface area contributed by atoms with Crippen molar-refractivity contribution < 1.29 is 24.9 Å². The van der Waals surface area contributed by atoms with Crippen molar-refractivity contribution in [2.75, 3.05) is 13.7 Å². The summed E-state index contributed by atoms with van der Waals surface area (Å²) in [5.41, 5.74) is 4.34. The number of amides is 2. The Morgan fingerprint density at radius 1 is 1.17 bits per heavy atom. The van der Waals surface area contributed by atoms with Crippen molar-refractivity contribution >= 4 is 23.5 Å². The minimum absolute atomic E-state index is 0.189. The van der Waals surface area contributed by atoms with Crippen LogP contribution in [-0.2, 0) is 9.59 Å². The number of carbonyl (C=O) groups is 2. The number of aliphatic hydroxyl groups is 2. The lowest BCUT2D eigenvalue weighted by Crippen LogP contribution is -2.39.